The monoisotopic (exact) mass is 384 g/mol. The lowest BCUT2D eigenvalue weighted by molar-refractivity contribution is -0.608. The molecule has 0 aliphatic heterocycles. The fraction of sp³-hybridized carbons (Fsp3) is 0.250. The van der Waals surface area contributed by atoms with E-state index in [1.807, 2.05) is 31.4 Å². The third-order valence-corrected chi connectivity index (χ3v) is 5.34. The Kier molecular flexibility index (Phi) is 5.71. The van der Waals surface area contributed by atoms with Crippen molar-refractivity contribution < 1.29 is 19.1 Å². The third kappa shape index (κ3) is 4.25. The molecule has 0 spiro atoms. The molecule has 140 valence electrons. The summed E-state index contributed by atoms with van der Waals surface area (Å²) in [6.45, 7) is 4.22. The minimum atomic E-state index is -0.814. The number of rotatable bonds is 7. The van der Waals surface area contributed by atoms with E-state index in [2.05, 4.69) is 10.6 Å². The van der Waals surface area contributed by atoms with E-state index in [4.69, 9.17) is 4.74 Å². The number of carbonyl (C=O) groups is 2. The first-order valence-electron chi connectivity index (χ1n) is 8.55. The van der Waals surface area contributed by atoms with Crippen LogP contribution in [0, 0.1) is 19.1 Å². The van der Waals surface area contributed by atoms with Crippen LogP contribution in [0.5, 0.6) is 0 Å². The Labute approximate surface area is 161 Å². The molecule has 0 aliphatic carbocycles. The molecule has 0 fully saturated rings. The highest BCUT2D eigenvalue weighted by Crippen LogP contribution is 2.18. The van der Waals surface area contributed by atoms with Gasteiger partial charge in [0.05, 0.1) is 0 Å². The molecule has 0 bridgehead atoms. The van der Waals surface area contributed by atoms with Gasteiger partial charge in [-0.05, 0) is 43.8 Å². The number of pyridine rings is 1. The number of ether oxygens (including phenoxy) is 1. The first kappa shape index (κ1) is 18.8. The van der Waals surface area contributed by atoms with Crippen molar-refractivity contribution in [1.29, 1.82) is 0 Å². The van der Waals surface area contributed by atoms with Gasteiger partial charge in [-0.2, -0.15) is 4.73 Å². The van der Waals surface area contributed by atoms with Crippen molar-refractivity contribution in [3.05, 3.63) is 80.7 Å². The van der Waals surface area contributed by atoms with Gasteiger partial charge in [0.2, 0.25) is 5.78 Å². The average molecular weight is 384 g/mol. The third-order valence-electron chi connectivity index (χ3n) is 4.40. The highest BCUT2D eigenvalue weighted by molar-refractivity contribution is 7.09. The summed E-state index contributed by atoms with van der Waals surface area (Å²) in [5.74, 6) is -1.10. The van der Waals surface area contributed by atoms with E-state index in [-0.39, 0.29) is 11.5 Å². The smallest absolute Gasteiger partial charge is 0.405 e. The highest BCUT2D eigenvalue weighted by Gasteiger charge is 2.21. The highest BCUT2D eigenvalue weighted by atomic mass is 32.1. The van der Waals surface area contributed by atoms with E-state index in [1.54, 1.807) is 17.4 Å². The summed E-state index contributed by atoms with van der Waals surface area (Å²) in [4.78, 5) is 25.8. The summed E-state index contributed by atoms with van der Waals surface area (Å²) in [6, 6.07) is 10.4. The van der Waals surface area contributed by atoms with Crippen LogP contribution < -0.4 is 4.73 Å². The minimum Gasteiger partial charge on any atom is -0.618 e. The van der Waals surface area contributed by atoms with Crippen LogP contribution in [0.1, 0.15) is 37.1 Å². The molecule has 6 nitrogen and oxygen atoms in total. The van der Waals surface area contributed by atoms with Gasteiger partial charge in [0.1, 0.15) is 0 Å². The van der Waals surface area contributed by atoms with Crippen molar-refractivity contribution in [1.82, 2.24) is 4.57 Å². The zero-order chi connectivity index (χ0) is 19.4. The topological polar surface area (TPSA) is 75.2 Å². The second-order valence-corrected chi connectivity index (χ2v) is 7.21. The van der Waals surface area contributed by atoms with E-state index >= 15 is 0 Å². The number of nitrogens with zero attached hydrogens (tertiary/aromatic N) is 2. The Morgan fingerprint density at radius 3 is 2.74 bits per heavy atom. The molecule has 0 amide bonds. The van der Waals surface area contributed by atoms with Crippen LogP contribution in [0.4, 0.5) is 0 Å². The van der Waals surface area contributed by atoms with Gasteiger partial charge in [-0.3, -0.25) is 4.79 Å². The molecule has 0 aromatic carbocycles. The SMILES string of the molecule is Cc1cc(C(=O)COC(=O)c2cccc[n+]2[O-])c(C)n1CCc1cccs1. The largest absolute Gasteiger partial charge is 0.618 e. The maximum Gasteiger partial charge on any atom is 0.405 e. The molecular formula is C20H20N2O4S. The summed E-state index contributed by atoms with van der Waals surface area (Å²) >= 11 is 1.71. The number of hydrogen-bond donors (Lipinski definition) is 0. The lowest BCUT2D eigenvalue weighted by Crippen LogP contribution is -2.35. The van der Waals surface area contributed by atoms with Gasteiger partial charge in [0, 0.05) is 40.5 Å². The number of Topliss-reactive ketones (excluding diaryl/α,β-unsaturated/α-hetero) is 1. The van der Waals surface area contributed by atoms with Gasteiger partial charge in [-0.15, -0.1) is 11.3 Å². The summed E-state index contributed by atoms with van der Waals surface area (Å²) in [6.07, 6.45) is 2.10. The number of hydrogen-bond acceptors (Lipinski definition) is 5. The first-order chi connectivity index (χ1) is 13.0. The molecule has 0 radical (unpaired) electrons. The number of esters is 1. The molecular weight excluding hydrogens is 364 g/mol. The van der Waals surface area contributed by atoms with Gasteiger partial charge in [0.15, 0.2) is 12.8 Å². The second-order valence-electron chi connectivity index (χ2n) is 6.18. The molecule has 0 saturated heterocycles. The van der Waals surface area contributed by atoms with Crippen molar-refractivity contribution in [2.45, 2.75) is 26.8 Å². The minimum absolute atomic E-state index is 0.147. The lowest BCUT2D eigenvalue weighted by atomic mass is 10.1. The van der Waals surface area contributed by atoms with E-state index in [9.17, 15) is 14.8 Å². The summed E-state index contributed by atoms with van der Waals surface area (Å²) in [5, 5.41) is 13.6. The molecule has 7 heteroatoms. The van der Waals surface area contributed by atoms with E-state index in [1.165, 1.54) is 23.2 Å². The van der Waals surface area contributed by atoms with Crippen molar-refractivity contribution in [3.8, 4) is 0 Å². The van der Waals surface area contributed by atoms with Crippen LogP contribution >= 0.6 is 11.3 Å². The fourth-order valence-corrected chi connectivity index (χ4v) is 3.67. The maximum atomic E-state index is 12.5. The number of carbonyl (C=O) groups excluding carboxylic acids is 2. The number of ketones is 1. The molecule has 0 N–H and O–H groups in total. The predicted molar refractivity (Wildman–Crippen MR) is 102 cm³/mol. The van der Waals surface area contributed by atoms with Crippen LogP contribution in [-0.2, 0) is 17.7 Å². The molecule has 27 heavy (non-hydrogen) atoms. The lowest BCUT2D eigenvalue weighted by Gasteiger charge is -2.09. The average Bonchev–Trinajstić information content (AvgIpc) is 3.26. The van der Waals surface area contributed by atoms with Crippen molar-refractivity contribution in [3.63, 3.8) is 0 Å². The van der Waals surface area contributed by atoms with Gasteiger partial charge < -0.3 is 14.5 Å². The summed E-state index contributed by atoms with van der Waals surface area (Å²) < 4.78 is 7.55. The Morgan fingerprint density at radius 2 is 2.04 bits per heavy atom. The fourth-order valence-electron chi connectivity index (χ4n) is 2.97. The van der Waals surface area contributed by atoms with Gasteiger partial charge in [0.25, 0.3) is 0 Å². The predicted octanol–water partition coefficient (Wildman–Crippen LogP) is 3.08. The van der Waals surface area contributed by atoms with Crippen LogP contribution in [0.2, 0.25) is 0 Å². The molecule has 3 aromatic rings. The van der Waals surface area contributed by atoms with Crippen molar-refractivity contribution >= 4 is 23.1 Å². The Bertz CT molecular complexity index is 961. The molecule has 0 unspecified atom stereocenters. The Morgan fingerprint density at radius 1 is 1.22 bits per heavy atom. The number of aromatic nitrogens is 2. The van der Waals surface area contributed by atoms with Gasteiger partial charge in [-0.25, -0.2) is 4.79 Å². The first-order valence-corrected chi connectivity index (χ1v) is 9.43. The molecule has 0 aliphatic rings. The quantitative estimate of drug-likeness (QED) is 0.272. The Balaban J connectivity index is 1.65. The van der Waals surface area contributed by atoms with Crippen molar-refractivity contribution in [2.75, 3.05) is 6.61 Å². The van der Waals surface area contributed by atoms with Gasteiger partial charge >= 0.3 is 11.7 Å². The van der Waals surface area contributed by atoms with E-state index < -0.39 is 12.6 Å². The maximum absolute atomic E-state index is 12.5. The summed E-state index contributed by atoms with van der Waals surface area (Å²) in [7, 11) is 0. The summed E-state index contributed by atoms with van der Waals surface area (Å²) in [5.41, 5.74) is 2.23. The number of thiophene rings is 1. The van der Waals surface area contributed by atoms with E-state index in [0.29, 0.717) is 10.3 Å². The van der Waals surface area contributed by atoms with Gasteiger partial charge in [-0.1, -0.05) is 6.07 Å². The number of aryl methyl sites for hydroxylation is 2. The van der Waals surface area contributed by atoms with Crippen LogP contribution in [-0.4, -0.2) is 22.9 Å². The van der Waals surface area contributed by atoms with Crippen LogP contribution in [0.3, 0.4) is 0 Å². The standard InChI is InChI=1S/C20H20N2O4S/c1-14-12-17(15(2)21(14)10-8-16-6-5-11-27-16)19(23)13-26-20(24)18-7-3-4-9-22(18)25/h3-7,9,11-12H,8,10,13H2,1-2H3. The molecule has 3 heterocycles. The van der Waals surface area contributed by atoms with Crippen LogP contribution in [0.15, 0.2) is 48.0 Å². The second kappa shape index (κ2) is 8.18. The molecule has 0 saturated carbocycles. The zero-order valence-corrected chi connectivity index (χ0v) is 16.0. The molecule has 0 atom stereocenters. The molecule has 3 rings (SSSR count). The van der Waals surface area contributed by atoms with E-state index in [0.717, 1.165) is 24.4 Å². The zero-order valence-electron chi connectivity index (χ0n) is 15.2. The normalized spacial score (nSPS) is 10.7. The molecule has 3 aromatic heterocycles. The Hall–Kier alpha value is -2.93. The van der Waals surface area contributed by atoms with Crippen LogP contribution in [0.25, 0.3) is 0 Å². The van der Waals surface area contributed by atoms with Crippen molar-refractivity contribution in [2.24, 2.45) is 0 Å².